The van der Waals surface area contributed by atoms with Gasteiger partial charge in [-0.05, 0) is 31.0 Å². The number of hydrogen-bond acceptors (Lipinski definition) is 2. The van der Waals surface area contributed by atoms with Gasteiger partial charge in [0.05, 0.1) is 16.8 Å². The van der Waals surface area contributed by atoms with E-state index in [4.69, 9.17) is 23.2 Å². The standard InChI is InChI=1S/C14H14Cl2N4O/c15-9-3-4-10(16)11(8-9)19-14(21)20-7-1-2-12(20)13-17-5-6-18-13/h3-6,8,12H,1-2,7H2,(H,17,18)(H,19,21). The highest BCUT2D eigenvalue weighted by atomic mass is 35.5. The number of aromatic amines is 1. The number of rotatable bonds is 2. The number of nitrogens with zero attached hydrogens (tertiary/aromatic N) is 2. The summed E-state index contributed by atoms with van der Waals surface area (Å²) >= 11 is 12.0. The van der Waals surface area contributed by atoms with Crippen molar-refractivity contribution < 1.29 is 4.79 Å². The number of likely N-dealkylation sites (tertiary alicyclic amines) is 1. The van der Waals surface area contributed by atoms with Gasteiger partial charge in [0.15, 0.2) is 0 Å². The van der Waals surface area contributed by atoms with Crippen LogP contribution >= 0.6 is 23.2 Å². The Balaban J connectivity index is 1.77. The molecule has 1 atom stereocenters. The zero-order valence-electron chi connectivity index (χ0n) is 11.1. The van der Waals surface area contributed by atoms with Crippen molar-refractivity contribution in [1.29, 1.82) is 0 Å². The van der Waals surface area contributed by atoms with Crippen LogP contribution in [0.25, 0.3) is 0 Å². The first-order valence-corrected chi connectivity index (χ1v) is 7.42. The Bertz CT molecular complexity index is 644. The highest BCUT2D eigenvalue weighted by Crippen LogP contribution is 2.31. The molecular weight excluding hydrogens is 311 g/mol. The van der Waals surface area contributed by atoms with E-state index < -0.39 is 0 Å². The number of carbonyl (C=O) groups is 1. The lowest BCUT2D eigenvalue weighted by Gasteiger charge is -2.23. The number of amides is 2. The Hall–Kier alpha value is -1.72. The first-order chi connectivity index (χ1) is 10.1. The van der Waals surface area contributed by atoms with Gasteiger partial charge in [-0.1, -0.05) is 23.2 Å². The first kappa shape index (κ1) is 14.2. The summed E-state index contributed by atoms with van der Waals surface area (Å²) in [5.74, 6) is 0.805. The zero-order chi connectivity index (χ0) is 14.8. The fourth-order valence-electron chi connectivity index (χ4n) is 2.53. The van der Waals surface area contributed by atoms with Crippen LogP contribution in [-0.2, 0) is 0 Å². The molecule has 2 N–H and O–H groups in total. The molecule has 5 nitrogen and oxygen atoms in total. The topological polar surface area (TPSA) is 61.0 Å². The summed E-state index contributed by atoms with van der Waals surface area (Å²) in [5.41, 5.74) is 0.513. The second-order valence-corrected chi connectivity index (χ2v) is 5.72. The third-order valence-electron chi connectivity index (χ3n) is 3.52. The first-order valence-electron chi connectivity index (χ1n) is 6.67. The van der Waals surface area contributed by atoms with E-state index >= 15 is 0 Å². The fraction of sp³-hybridized carbons (Fsp3) is 0.286. The van der Waals surface area contributed by atoms with E-state index in [0.717, 1.165) is 18.7 Å². The molecule has 7 heteroatoms. The van der Waals surface area contributed by atoms with Gasteiger partial charge in [0.25, 0.3) is 0 Å². The summed E-state index contributed by atoms with van der Waals surface area (Å²) in [5, 5.41) is 3.80. The van der Waals surface area contributed by atoms with Gasteiger partial charge in [-0.3, -0.25) is 0 Å². The zero-order valence-corrected chi connectivity index (χ0v) is 12.7. The summed E-state index contributed by atoms with van der Waals surface area (Å²) in [6.07, 6.45) is 5.29. The van der Waals surface area contributed by atoms with Crippen molar-refractivity contribution in [2.24, 2.45) is 0 Å². The monoisotopic (exact) mass is 324 g/mol. The molecule has 1 aliphatic rings. The molecule has 2 amide bonds. The van der Waals surface area contributed by atoms with E-state index in [0.29, 0.717) is 22.3 Å². The number of anilines is 1. The highest BCUT2D eigenvalue weighted by molar-refractivity contribution is 6.35. The maximum absolute atomic E-state index is 12.5. The highest BCUT2D eigenvalue weighted by Gasteiger charge is 2.31. The third kappa shape index (κ3) is 2.99. The minimum Gasteiger partial charge on any atom is -0.347 e. The smallest absolute Gasteiger partial charge is 0.322 e. The van der Waals surface area contributed by atoms with Gasteiger partial charge in [-0.25, -0.2) is 9.78 Å². The van der Waals surface area contributed by atoms with Crippen molar-refractivity contribution in [1.82, 2.24) is 14.9 Å². The Kier molecular flexibility index (Phi) is 4.03. The molecule has 3 rings (SSSR count). The average molecular weight is 325 g/mol. The van der Waals surface area contributed by atoms with Crippen molar-refractivity contribution in [3.05, 3.63) is 46.5 Å². The molecule has 1 fully saturated rings. The number of urea groups is 1. The molecule has 0 saturated carbocycles. The van der Waals surface area contributed by atoms with Crippen LogP contribution in [-0.4, -0.2) is 27.4 Å². The summed E-state index contributed by atoms with van der Waals surface area (Å²) < 4.78 is 0. The van der Waals surface area contributed by atoms with E-state index in [1.54, 1.807) is 35.5 Å². The predicted octanol–water partition coefficient (Wildman–Crippen LogP) is 4.09. The number of H-pyrrole nitrogens is 1. The van der Waals surface area contributed by atoms with Crippen molar-refractivity contribution in [3.63, 3.8) is 0 Å². The maximum Gasteiger partial charge on any atom is 0.322 e. The van der Waals surface area contributed by atoms with Crippen LogP contribution in [0, 0.1) is 0 Å². The van der Waals surface area contributed by atoms with Crippen LogP contribution in [0.3, 0.4) is 0 Å². The maximum atomic E-state index is 12.5. The SMILES string of the molecule is O=C(Nc1cc(Cl)ccc1Cl)N1CCCC1c1ncc[nH]1. The van der Waals surface area contributed by atoms with E-state index in [2.05, 4.69) is 15.3 Å². The van der Waals surface area contributed by atoms with Gasteiger partial charge in [0.1, 0.15) is 5.82 Å². The summed E-state index contributed by atoms with van der Waals surface area (Å²) in [6, 6.07) is 4.75. The minimum absolute atomic E-state index is 0.0297. The summed E-state index contributed by atoms with van der Waals surface area (Å²) in [4.78, 5) is 21.5. The van der Waals surface area contributed by atoms with Gasteiger partial charge in [0.2, 0.25) is 0 Å². The molecule has 0 radical (unpaired) electrons. The molecule has 1 unspecified atom stereocenters. The molecule has 0 bridgehead atoms. The van der Waals surface area contributed by atoms with Crippen molar-refractivity contribution in [3.8, 4) is 0 Å². The normalized spacial score (nSPS) is 18.0. The molecule has 0 spiro atoms. The Labute approximate surface area is 132 Å². The summed E-state index contributed by atoms with van der Waals surface area (Å²) in [7, 11) is 0. The van der Waals surface area contributed by atoms with E-state index in [-0.39, 0.29) is 12.1 Å². The Morgan fingerprint density at radius 2 is 2.29 bits per heavy atom. The molecule has 21 heavy (non-hydrogen) atoms. The second-order valence-electron chi connectivity index (χ2n) is 4.88. The van der Waals surface area contributed by atoms with E-state index in [1.807, 2.05) is 0 Å². The van der Waals surface area contributed by atoms with E-state index in [9.17, 15) is 4.79 Å². The number of nitrogens with one attached hydrogen (secondary N) is 2. The van der Waals surface area contributed by atoms with Crippen molar-refractivity contribution >= 4 is 34.9 Å². The second kappa shape index (κ2) is 5.95. The van der Waals surface area contributed by atoms with Crippen LogP contribution in [0.15, 0.2) is 30.6 Å². The average Bonchev–Trinajstić information content (AvgIpc) is 3.12. The molecule has 1 aliphatic heterocycles. The van der Waals surface area contributed by atoms with Gasteiger partial charge in [0, 0.05) is 24.0 Å². The van der Waals surface area contributed by atoms with Gasteiger partial charge < -0.3 is 15.2 Å². The summed E-state index contributed by atoms with van der Waals surface area (Å²) in [6.45, 7) is 0.690. The molecule has 1 aromatic heterocycles. The number of benzene rings is 1. The Morgan fingerprint density at radius 1 is 1.43 bits per heavy atom. The van der Waals surface area contributed by atoms with Crippen LogP contribution in [0.2, 0.25) is 10.0 Å². The number of aromatic nitrogens is 2. The van der Waals surface area contributed by atoms with Crippen LogP contribution < -0.4 is 5.32 Å². The van der Waals surface area contributed by atoms with Crippen molar-refractivity contribution in [2.45, 2.75) is 18.9 Å². The Morgan fingerprint density at radius 3 is 3.05 bits per heavy atom. The van der Waals surface area contributed by atoms with E-state index in [1.165, 1.54) is 0 Å². The molecule has 2 aromatic rings. The molecular formula is C14H14Cl2N4O. The third-order valence-corrected chi connectivity index (χ3v) is 4.08. The largest absolute Gasteiger partial charge is 0.347 e. The molecule has 1 aromatic carbocycles. The minimum atomic E-state index is -0.196. The van der Waals surface area contributed by atoms with Crippen LogP contribution in [0.4, 0.5) is 10.5 Å². The molecule has 110 valence electrons. The number of hydrogen-bond donors (Lipinski definition) is 2. The number of imidazole rings is 1. The predicted molar refractivity (Wildman–Crippen MR) is 82.7 cm³/mol. The molecule has 0 aliphatic carbocycles. The fourth-order valence-corrected chi connectivity index (χ4v) is 2.87. The number of halogens is 2. The lowest BCUT2D eigenvalue weighted by molar-refractivity contribution is 0.205. The quantitative estimate of drug-likeness (QED) is 0.874. The molecule has 2 heterocycles. The lowest BCUT2D eigenvalue weighted by Crippen LogP contribution is -2.34. The van der Waals surface area contributed by atoms with Crippen molar-refractivity contribution in [2.75, 3.05) is 11.9 Å². The molecule has 1 saturated heterocycles. The van der Waals surface area contributed by atoms with Crippen LogP contribution in [0.1, 0.15) is 24.7 Å². The van der Waals surface area contributed by atoms with Crippen LogP contribution in [0.5, 0.6) is 0 Å². The number of carbonyl (C=O) groups excluding carboxylic acids is 1. The van der Waals surface area contributed by atoms with Gasteiger partial charge in [-0.15, -0.1) is 0 Å². The lowest BCUT2D eigenvalue weighted by atomic mass is 10.2. The van der Waals surface area contributed by atoms with Gasteiger partial charge >= 0.3 is 6.03 Å². The van der Waals surface area contributed by atoms with Gasteiger partial charge in [-0.2, -0.15) is 0 Å².